The van der Waals surface area contributed by atoms with Crippen molar-refractivity contribution in [3.8, 4) is 0 Å². The van der Waals surface area contributed by atoms with E-state index in [1.165, 1.54) is 0 Å². The van der Waals surface area contributed by atoms with E-state index in [2.05, 4.69) is 26.1 Å². The third-order valence-electron chi connectivity index (χ3n) is 3.56. The number of hydrogen-bond donors (Lipinski definition) is 3. The van der Waals surface area contributed by atoms with Crippen LogP contribution in [-0.2, 0) is 19.1 Å². The molecule has 0 rings (SSSR count). The molecule has 0 fully saturated rings. The van der Waals surface area contributed by atoms with Crippen LogP contribution in [0.15, 0.2) is 0 Å². The molecule has 0 aliphatic heterocycles. The van der Waals surface area contributed by atoms with Crippen LogP contribution in [0.5, 0.6) is 0 Å². The molecule has 0 aliphatic carbocycles. The lowest BCUT2D eigenvalue weighted by Crippen LogP contribution is -2.30. The van der Waals surface area contributed by atoms with E-state index in [1.54, 1.807) is 13.8 Å². The molecule has 0 radical (unpaired) electrons. The van der Waals surface area contributed by atoms with Crippen molar-refractivity contribution in [2.75, 3.05) is 39.5 Å². The fourth-order valence-corrected chi connectivity index (χ4v) is 1.99. The lowest BCUT2D eigenvalue weighted by atomic mass is 9.74. The zero-order valence-corrected chi connectivity index (χ0v) is 15.9. The summed E-state index contributed by atoms with van der Waals surface area (Å²) in [6.45, 7) is 13.1. The maximum Gasteiger partial charge on any atom is 0.309 e. The third kappa shape index (κ3) is 15.7. The Kier molecular flexibility index (Phi) is 14.8. The zero-order chi connectivity index (χ0) is 19.1. The first-order valence-electron chi connectivity index (χ1n) is 8.39. The number of carbonyl (C=O) groups is 2. The van der Waals surface area contributed by atoms with Crippen LogP contribution < -0.4 is 11.1 Å². The minimum atomic E-state index is -0.705. The van der Waals surface area contributed by atoms with E-state index >= 15 is 0 Å². The minimum Gasteiger partial charge on any atom is -0.481 e. The zero-order valence-electron chi connectivity index (χ0n) is 15.9. The summed E-state index contributed by atoms with van der Waals surface area (Å²) in [5.41, 5.74) is 4.72. The Labute approximate surface area is 146 Å². The van der Waals surface area contributed by atoms with Crippen LogP contribution in [-0.4, -0.2) is 57.0 Å². The summed E-state index contributed by atoms with van der Waals surface area (Å²) in [6, 6.07) is 0. The van der Waals surface area contributed by atoms with E-state index < -0.39 is 11.4 Å². The highest BCUT2D eigenvalue weighted by Crippen LogP contribution is 2.35. The van der Waals surface area contributed by atoms with Gasteiger partial charge in [0.15, 0.2) is 0 Å². The number of amides is 1. The van der Waals surface area contributed by atoms with Crippen molar-refractivity contribution in [3.05, 3.63) is 0 Å². The first-order chi connectivity index (χ1) is 11.1. The molecule has 0 aliphatic rings. The van der Waals surface area contributed by atoms with Gasteiger partial charge in [-0.05, 0) is 25.7 Å². The first kappa shape index (κ1) is 25.1. The summed E-state index contributed by atoms with van der Waals surface area (Å²) in [6.07, 6.45) is 2.39. The second kappa shape index (κ2) is 14.2. The van der Waals surface area contributed by atoms with Gasteiger partial charge in [0.05, 0.1) is 31.8 Å². The Bertz CT molecular complexity index is 333. The van der Waals surface area contributed by atoms with Gasteiger partial charge in [0.2, 0.25) is 6.41 Å². The first-order valence-corrected chi connectivity index (χ1v) is 8.39. The molecular weight excluding hydrogens is 312 g/mol. The van der Waals surface area contributed by atoms with Gasteiger partial charge in [-0.1, -0.05) is 27.2 Å². The summed E-state index contributed by atoms with van der Waals surface area (Å²) in [5.74, 6) is -0.705. The SMILES string of the molecule is CCC(C)(C)CC(C)(C)C(=O)O.NCCOCCOCCNC=O. The second-order valence-corrected chi connectivity index (χ2v) is 6.97. The Morgan fingerprint density at radius 1 is 1.12 bits per heavy atom. The Morgan fingerprint density at radius 3 is 2.08 bits per heavy atom. The molecule has 0 aromatic carbocycles. The lowest BCUT2D eigenvalue weighted by molar-refractivity contribution is -0.148. The second-order valence-electron chi connectivity index (χ2n) is 6.97. The molecule has 0 bridgehead atoms. The fraction of sp³-hybridized carbons (Fsp3) is 0.882. The topological polar surface area (TPSA) is 111 Å². The number of aliphatic carboxylic acids is 1. The Morgan fingerprint density at radius 2 is 1.67 bits per heavy atom. The number of carboxylic acids is 1. The van der Waals surface area contributed by atoms with Crippen molar-refractivity contribution in [3.63, 3.8) is 0 Å². The minimum absolute atomic E-state index is 0.127. The van der Waals surface area contributed by atoms with Crippen LogP contribution in [0.4, 0.5) is 0 Å². The van der Waals surface area contributed by atoms with Crippen LogP contribution in [0.25, 0.3) is 0 Å². The Hall–Kier alpha value is -1.18. The van der Waals surface area contributed by atoms with Gasteiger partial charge in [0, 0.05) is 13.1 Å². The van der Waals surface area contributed by atoms with Gasteiger partial charge in [-0.25, -0.2) is 0 Å². The number of carboxylic acid groups (broad SMARTS) is 1. The molecule has 0 heterocycles. The maximum absolute atomic E-state index is 10.8. The molecule has 24 heavy (non-hydrogen) atoms. The van der Waals surface area contributed by atoms with E-state index in [0.29, 0.717) is 45.9 Å². The number of nitrogens with two attached hydrogens (primary N) is 1. The predicted octanol–water partition coefficient (Wildman–Crippen LogP) is 1.65. The molecule has 7 heteroatoms. The molecule has 0 unspecified atom stereocenters. The van der Waals surface area contributed by atoms with Crippen LogP contribution in [0.1, 0.15) is 47.5 Å². The average Bonchev–Trinajstić information content (AvgIpc) is 2.49. The van der Waals surface area contributed by atoms with Gasteiger partial charge in [0.1, 0.15) is 0 Å². The molecule has 4 N–H and O–H groups in total. The summed E-state index contributed by atoms with van der Waals surface area (Å²) in [7, 11) is 0. The van der Waals surface area contributed by atoms with E-state index in [0.717, 1.165) is 12.8 Å². The molecule has 0 aromatic heterocycles. The number of ether oxygens (including phenoxy) is 2. The quantitative estimate of drug-likeness (QED) is 0.345. The molecular formula is C17H36N2O5. The van der Waals surface area contributed by atoms with E-state index in [4.69, 9.17) is 20.3 Å². The van der Waals surface area contributed by atoms with Crippen molar-refractivity contribution in [1.29, 1.82) is 0 Å². The van der Waals surface area contributed by atoms with Crippen molar-refractivity contribution in [1.82, 2.24) is 5.32 Å². The van der Waals surface area contributed by atoms with Crippen LogP contribution in [0, 0.1) is 10.8 Å². The van der Waals surface area contributed by atoms with Crippen LogP contribution >= 0.6 is 0 Å². The number of rotatable bonds is 13. The molecule has 7 nitrogen and oxygen atoms in total. The van der Waals surface area contributed by atoms with Crippen molar-refractivity contribution in [2.45, 2.75) is 47.5 Å². The fourth-order valence-electron chi connectivity index (χ4n) is 1.99. The molecule has 1 amide bonds. The Balaban J connectivity index is 0. The third-order valence-corrected chi connectivity index (χ3v) is 3.56. The van der Waals surface area contributed by atoms with E-state index in [-0.39, 0.29) is 5.41 Å². The van der Waals surface area contributed by atoms with Crippen LogP contribution in [0.3, 0.4) is 0 Å². The summed E-state index contributed by atoms with van der Waals surface area (Å²) < 4.78 is 10.1. The van der Waals surface area contributed by atoms with Gasteiger partial charge < -0.3 is 25.6 Å². The van der Waals surface area contributed by atoms with Gasteiger partial charge in [-0.15, -0.1) is 0 Å². The van der Waals surface area contributed by atoms with Gasteiger partial charge in [0.25, 0.3) is 0 Å². The molecule has 0 aromatic rings. The highest BCUT2D eigenvalue weighted by atomic mass is 16.5. The molecule has 0 spiro atoms. The monoisotopic (exact) mass is 348 g/mol. The summed E-state index contributed by atoms with van der Waals surface area (Å²) >= 11 is 0. The average molecular weight is 348 g/mol. The molecule has 0 saturated heterocycles. The van der Waals surface area contributed by atoms with E-state index in [1.807, 2.05) is 0 Å². The smallest absolute Gasteiger partial charge is 0.309 e. The maximum atomic E-state index is 10.8. The molecule has 0 saturated carbocycles. The lowest BCUT2D eigenvalue weighted by Gasteiger charge is -2.31. The molecule has 144 valence electrons. The number of nitrogens with one attached hydrogen (secondary N) is 1. The van der Waals surface area contributed by atoms with Gasteiger partial charge in [-0.2, -0.15) is 0 Å². The van der Waals surface area contributed by atoms with Crippen molar-refractivity contribution in [2.24, 2.45) is 16.6 Å². The van der Waals surface area contributed by atoms with E-state index in [9.17, 15) is 9.59 Å². The number of hydrogen-bond acceptors (Lipinski definition) is 5. The predicted molar refractivity (Wildman–Crippen MR) is 94.9 cm³/mol. The van der Waals surface area contributed by atoms with Gasteiger partial charge in [-0.3, -0.25) is 9.59 Å². The van der Waals surface area contributed by atoms with Gasteiger partial charge >= 0.3 is 5.97 Å². The highest BCUT2D eigenvalue weighted by Gasteiger charge is 2.33. The summed E-state index contributed by atoms with van der Waals surface area (Å²) in [5, 5.41) is 11.4. The summed E-state index contributed by atoms with van der Waals surface area (Å²) in [4.78, 5) is 20.6. The normalized spacial score (nSPS) is 11.4. The largest absolute Gasteiger partial charge is 0.481 e. The standard InChI is InChI=1S/C10H20O2.C7H16N2O3/c1-6-9(2,3)7-10(4,5)8(11)12;8-1-3-11-5-6-12-4-2-9-7-10/h6-7H2,1-5H3,(H,11,12);7H,1-6,8H2,(H,9,10). The van der Waals surface area contributed by atoms with Crippen LogP contribution in [0.2, 0.25) is 0 Å². The van der Waals surface area contributed by atoms with Crippen molar-refractivity contribution < 1.29 is 24.2 Å². The number of carbonyl (C=O) groups excluding carboxylic acids is 1. The highest BCUT2D eigenvalue weighted by molar-refractivity contribution is 5.73. The molecule has 0 atom stereocenters. The van der Waals surface area contributed by atoms with Crippen molar-refractivity contribution >= 4 is 12.4 Å².